The Kier molecular flexibility index (Phi) is 5.47. The molecule has 6 nitrogen and oxygen atoms in total. The number of carbonyl (C=O) groups excluding carboxylic acids is 1. The van der Waals surface area contributed by atoms with Gasteiger partial charge in [0.1, 0.15) is 0 Å². The van der Waals surface area contributed by atoms with Crippen LogP contribution in [0.15, 0.2) is 41.8 Å². The molecule has 0 aliphatic heterocycles. The minimum atomic E-state index is -2.96. The number of aromatic amines is 1. The van der Waals surface area contributed by atoms with Crippen LogP contribution in [0.3, 0.4) is 0 Å². The number of H-pyrrole nitrogens is 1. The van der Waals surface area contributed by atoms with Gasteiger partial charge in [0, 0.05) is 11.8 Å². The van der Waals surface area contributed by atoms with Gasteiger partial charge in [0.15, 0.2) is 17.2 Å². The fourth-order valence-corrected chi connectivity index (χ4v) is 2.93. The van der Waals surface area contributed by atoms with Gasteiger partial charge in [0.05, 0.1) is 17.2 Å². The molecule has 0 fully saturated rings. The highest BCUT2D eigenvalue weighted by molar-refractivity contribution is 7.13. The van der Waals surface area contributed by atoms with Crippen LogP contribution >= 0.6 is 11.3 Å². The van der Waals surface area contributed by atoms with Crippen LogP contribution in [-0.4, -0.2) is 29.3 Å². The quantitative estimate of drug-likeness (QED) is 0.638. The first-order valence-electron chi connectivity index (χ1n) is 7.69. The molecule has 1 aromatic carbocycles. The van der Waals surface area contributed by atoms with Crippen LogP contribution in [0.1, 0.15) is 17.4 Å². The number of hydrogen-bond donors (Lipinski definition) is 2. The third kappa shape index (κ3) is 4.17. The summed E-state index contributed by atoms with van der Waals surface area (Å²) in [5.74, 6) is -0.416. The van der Waals surface area contributed by atoms with E-state index in [4.69, 9.17) is 4.74 Å². The van der Waals surface area contributed by atoms with Crippen molar-refractivity contribution in [2.24, 2.45) is 0 Å². The van der Waals surface area contributed by atoms with E-state index in [1.807, 2.05) is 17.5 Å². The molecule has 3 rings (SSSR count). The Labute approximate surface area is 151 Å². The maximum absolute atomic E-state index is 12.4. The van der Waals surface area contributed by atoms with Crippen LogP contribution in [0.25, 0.3) is 10.6 Å². The summed E-state index contributed by atoms with van der Waals surface area (Å²) < 4.78 is 34.6. The lowest BCUT2D eigenvalue weighted by molar-refractivity contribution is -0.0514. The smallest absolute Gasteiger partial charge is 0.387 e. The Morgan fingerprint density at radius 1 is 1.31 bits per heavy atom. The maximum Gasteiger partial charge on any atom is 0.387 e. The minimum absolute atomic E-state index is 0.0976. The van der Waals surface area contributed by atoms with E-state index in [1.54, 1.807) is 13.0 Å². The molecule has 9 heteroatoms. The first kappa shape index (κ1) is 17.9. The van der Waals surface area contributed by atoms with Crippen molar-refractivity contribution in [2.75, 3.05) is 11.9 Å². The van der Waals surface area contributed by atoms with Gasteiger partial charge in [0.2, 0.25) is 0 Å². The molecule has 0 atom stereocenters. The number of benzene rings is 1. The number of hydrogen-bond acceptors (Lipinski definition) is 5. The number of ether oxygens (including phenoxy) is 2. The summed E-state index contributed by atoms with van der Waals surface area (Å²) in [7, 11) is 0. The number of nitrogens with one attached hydrogen (secondary N) is 2. The predicted molar refractivity (Wildman–Crippen MR) is 94.1 cm³/mol. The summed E-state index contributed by atoms with van der Waals surface area (Å²) in [6.45, 7) is -0.984. The number of anilines is 1. The molecular formula is C17H15F2N3O3S. The van der Waals surface area contributed by atoms with Gasteiger partial charge in [-0.15, -0.1) is 11.3 Å². The van der Waals surface area contributed by atoms with Gasteiger partial charge in [-0.1, -0.05) is 6.07 Å². The molecule has 2 N–H and O–H groups in total. The number of nitrogens with zero attached hydrogens (tertiary/aromatic N) is 1. The lowest BCUT2D eigenvalue weighted by atomic mass is 10.2. The Morgan fingerprint density at radius 2 is 2.15 bits per heavy atom. The molecule has 1 amide bonds. The second-order valence-corrected chi connectivity index (χ2v) is 6.02. The molecule has 2 aromatic heterocycles. The lowest BCUT2D eigenvalue weighted by Gasteiger charge is -2.13. The van der Waals surface area contributed by atoms with E-state index in [1.165, 1.54) is 29.5 Å². The highest BCUT2D eigenvalue weighted by Gasteiger charge is 2.15. The van der Waals surface area contributed by atoms with Crippen molar-refractivity contribution in [3.05, 3.63) is 47.5 Å². The van der Waals surface area contributed by atoms with Crippen molar-refractivity contribution in [2.45, 2.75) is 13.5 Å². The van der Waals surface area contributed by atoms with E-state index in [9.17, 15) is 13.6 Å². The molecule has 0 radical (unpaired) electrons. The second kappa shape index (κ2) is 7.96. The van der Waals surface area contributed by atoms with Crippen molar-refractivity contribution < 1.29 is 23.0 Å². The number of rotatable bonds is 7. The number of alkyl halides is 2. The summed E-state index contributed by atoms with van der Waals surface area (Å²) in [6.07, 6.45) is 0. The zero-order chi connectivity index (χ0) is 18.5. The lowest BCUT2D eigenvalue weighted by Crippen LogP contribution is -2.13. The predicted octanol–water partition coefficient (Wildman–Crippen LogP) is 4.39. The molecule has 3 aromatic rings. The summed E-state index contributed by atoms with van der Waals surface area (Å²) in [5.41, 5.74) is 1.32. The van der Waals surface area contributed by atoms with Crippen LogP contribution < -0.4 is 14.8 Å². The molecule has 2 heterocycles. The van der Waals surface area contributed by atoms with Gasteiger partial charge in [-0.05, 0) is 36.6 Å². The average Bonchev–Trinajstić information content (AvgIpc) is 3.28. The van der Waals surface area contributed by atoms with Crippen molar-refractivity contribution in [1.29, 1.82) is 0 Å². The Balaban J connectivity index is 1.75. The second-order valence-electron chi connectivity index (χ2n) is 5.07. The summed E-state index contributed by atoms with van der Waals surface area (Å²) in [5, 5.41) is 11.4. The molecule has 0 aliphatic carbocycles. The highest BCUT2D eigenvalue weighted by Crippen LogP contribution is 2.32. The van der Waals surface area contributed by atoms with Crippen molar-refractivity contribution in [3.63, 3.8) is 0 Å². The number of thiophene rings is 1. The van der Waals surface area contributed by atoms with Gasteiger partial charge in [-0.2, -0.15) is 13.9 Å². The Hall–Kier alpha value is -2.94. The fourth-order valence-electron chi connectivity index (χ4n) is 2.24. The van der Waals surface area contributed by atoms with E-state index < -0.39 is 12.5 Å². The third-order valence-corrected chi connectivity index (χ3v) is 4.22. The van der Waals surface area contributed by atoms with E-state index in [0.717, 1.165) is 10.6 Å². The molecule has 0 unspecified atom stereocenters. The average molecular weight is 379 g/mol. The number of aromatic nitrogens is 2. The number of halogens is 2. The van der Waals surface area contributed by atoms with E-state index in [-0.39, 0.29) is 23.8 Å². The summed E-state index contributed by atoms with van der Waals surface area (Å²) in [6, 6.07) is 9.64. The van der Waals surface area contributed by atoms with Crippen LogP contribution in [0.4, 0.5) is 14.5 Å². The molecule has 0 saturated carbocycles. The van der Waals surface area contributed by atoms with Crippen molar-refractivity contribution in [3.8, 4) is 22.1 Å². The van der Waals surface area contributed by atoms with Crippen LogP contribution in [0, 0.1) is 0 Å². The molecule has 0 saturated heterocycles. The Bertz CT molecular complexity index is 881. The standard InChI is InChI=1S/C17H15F2N3O3S/c1-2-24-14-8-10(5-6-13(14)25-17(18)19)20-16(23)12-9-11(21-22-12)15-4-3-7-26-15/h3-9,17H,2H2,1H3,(H,20,23)(H,21,22). The van der Waals surface area contributed by atoms with Gasteiger partial charge in [0.25, 0.3) is 5.91 Å². The molecule has 0 spiro atoms. The normalized spacial score (nSPS) is 10.8. The van der Waals surface area contributed by atoms with Crippen LogP contribution in [0.2, 0.25) is 0 Å². The zero-order valence-corrected chi connectivity index (χ0v) is 14.5. The van der Waals surface area contributed by atoms with Crippen LogP contribution in [-0.2, 0) is 0 Å². The van der Waals surface area contributed by atoms with Crippen molar-refractivity contribution >= 4 is 22.9 Å². The molecular weight excluding hydrogens is 364 g/mol. The fraction of sp³-hybridized carbons (Fsp3) is 0.176. The van der Waals surface area contributed by atoms with Gasteiger partial charge >= 0.3 is 6.61 Å². The number of carbonyl (C=O) groups is 1. The number of amides is 1. The summed E-state index contributed by atoms with van der Waals surface area (Å²) in [4.78, 5) is 13.3. The first-order valence-corrected chi connectivity index (χ1v) is 8.57. The minimum Gasteiger partial charge on any atom is -0.490 e. The topological polar surface area (TPSA) is 76.2 Å². The zero-order valence-electron chi connectivity index (χ0n) is 13.7. The molecule has 0 bridgehead atoms. The SMILES string of the molecule is CCOc1cc(NC(=O)c2cc(-c3cccs3)[nH]n2)ccc1OC(F)F. The highest BCUT2D eigenvalue weighted by atomic mass is 32.1. The first-order chi connectivity index (χ1) is 12.6. The Morgan fingerprint density at radius 3 is 2.85 bits per heavy atom. The molecule has 0 aliphatic rings. The van der Waals surface area contributed by atoms with Gasteiger partial charge in [-0.25, -0.2) is 0 Å². The van der Waals surface area contributed by atoms with E-state index >= 15 is 0 Å². The third-order valence-electron chi connectivity index (χ3n) is 3.31. The van der Waals surface area contributed by atoms with Crippen LogP contribution in [0.5, 0.6) is 11.5 Å². The monoisotopic (exact) mass is 379 g/mol. The molecule has 26 heavy (non-hydrogen) atoms. The molecule has 136 valence electrons. The van der Waals surface area contributed by atoms with Crippen molar-refractivity contribution in [1.82, 2.24) is 10.2 Å². The largest absolute Gasteiger partial charge is 0.490 e. The van der Waals surface area contributed by atoms with E-state index in [0.29, 0.717) is 5.69 Å². The summed E-state index contributed by atoms with van der Waals surface area (Å²) >= 11 is 1.52. The van der Waals surface area contributed by atoms with Gasteiger partial charge in [-0.3, -0.25) is 9.89 Å². The van der Waals surface area contributed by atoms with E-state index in [2.05, 4.69) is 20.3 Å². The maximum atomic E-state index is 12.4. The van der Waals surface area contributed by atoms with Gasteiger partial charge < -0.3 is 14.8 Å².